The second kappa shape index (κ2) is 11.0. The second-order valence-electron chi connectivity index (χ2n) is 11.1. The monoisotopic (exact) mass is 578 g/mol. The molecule has 0 spiro atoms. The van der Waals surface area contributed by atoms with E-state index < -0.39 is 8.07 Å². The van der Waals surface area contributed by atoms with Crippen LogP contribution in [0.15, 0.2) is 182 Å². The lowest BCUT2D eigenvalue weighted by atomic mass is 10.1. The Balaban J connectivity index is 1.55. The Morgan fingerprint density at radius 3 is 1.66 bits per heavy atom. The molecule has 2 nitrogen and oxygen atoms in total. The highest BCUT2D eigenvalue weighted by Crippen LogP contribution is 2.32. The second-order valence-corrected chi connectivity index (χ2v) is 14.8. The molecule has 0 bridgehead atoms. The van der Waals surface area contributed by atoms with Crippen LogP contribution in [-0.2, 0) is 0 Å². The maximum Gasteiger partial charge on any atom is 0.202 e. The van der Waals surface area contributed by atoms with Gasteiger partial charge in [-0.3, -0.25) is 4.98 Å². The number of hydrogen-bond acceptors (Lipinski definition) is 1. The topological polar surface area (TPSA) is 17.8 Å². The van der Waals surface area contributed by atoms with Gasteiger partial charge in [0.15, 0.2) is 0 Å². The molecule has 3 heteroatoms. The Kier molecular flexibility index (Phi) is 6.51. The third kappa shape index (κ3) is 4.13. The average Bonchev–Trinajstić information content (AvgIpc) is 3.45. The Morgan fingerprint density at radius 1 is 0.432 bits per heavy atom. The Labute approximate surface area is 258 Å². The molecule has 44 heavy (non-hydrogen) atoms. The predicted octanol–water partition coefficient (Wildman–Crippen LogP) is 7.22. The summed E-state index contributed by atoms with van der Waals surface area (Å²) in [6.45, 7) is 0. The summed E-state index contributed by atoms with van der Waals surface area (Å²) in [5, 5.41) is 7.64. The van der Waals surface area contributed by atoms with Crippen molar-refractivity contribution < 1.29 is 0 Å². The number of aromatic nitrogens is 2. The van der Waals surface area contributed by atoms with Crippen LogP contribution in [0.25, 0.3) is 38.8 Å². The zero-order valence-electron chi connectivity index (χ0n) is 24.2. The predicted molar refractivity (Wildman–Crippen MR) is 188 cm³/mol. The number of fused-ring (bicyclic) bond motifs is 3. The summed E-state index contributed by atoms with van der Waals surface area (Å²) in [5.41, 5.74) is 5.68. The average molecular weight is 579 g/mol. The lowest BCUT2D eigenvalue weighted by Crippen LogP contribution is -2.75. The molecule has 208 valence electrons. The van der Waals surface area contributed by atoms with E-state index in [-0.39, 0.29) is 0 Å². The molecule has 6 aromatic carbocycles. The highest BCUT2D eigenvalue weighted by molar-refractivity contribution is 7.20. The van der Waals surface area contributed by atoms with Gasteiger partial charge in [0.1, 0.15) is 0 Å². The van der Waals surface area contributed by atoms with Crippen LogP contribution in [0.1, 0.15) is 0 Å². The highest BCUT2D eigenvalue weighted by atomic mass is 28.3. The molecule has 0 saturated heterocycles. The quantitative estimate of drug-likeness (QED) is 0.150. The van der Waals surface area contributed by atoms with Crippen LogP contribution in [0.4, 0.5) is 0 Å². The van der Waals surface area contributed by atoms with Crippen LogP contribution in [0, 0.1) is 0 Å². The van der Waals surface area contributed by atoms with Gasteiger partial charge in [0.05, 0.1) is 16.7 Å². The molecule has 0 atom stereocenters. The number of para-hydroxylation sites is 2. The van der Waals surface area contributed by atoms with Crippen molar-refractivity contribution in [1.82, 2.24) is 9.55 Å². The molecule has 0 unspecified atom stereocenters. The summed E-state index contributed by atoms with van der Waals surface area (Å²) in [6, 6.07) is 65.7. The van der Waals surface area contributed by atoms with Crippen LogP contribution < -0.4 is 20.9 Å². The summed E-state index contributed by atoms with van der Waals surface area (Å²) >= 11 is 0. The Morgan fingerprint density at radius 2 is 0.977 bits per heavy atom. The van der Waals surface area contributed by atoms with E-state index >= 15 is 0 Å². The third-order valence-corrected chi connectivity index (χ3v) is 13.4. The first kappa shape index (κ1) is 26.1. The fraction of sp³-hybridized carbons (Fsp3) is 0. The lowest BCUT2D eigenvalue weighted by molar-refractivity contribution is 1.18. The van der Waals surface area contributed by atoms with Gasteiger partial charge in [-0.2, -0.15) is 0 Å². The van der Waals surface area contributed by atoms with E-state index in [0.717, 1.165) is 22.3 Å². The molecule has 8 aromatic rings. The van der Waals surface area contributed by atoms with Crippen LogP contribution in [-0.4, -0.2) is 17.6 Å². The highest BCUT2D eigenvalue weighted by Gasteiger charge is 2.44. The molecule has 0 saturated carbocycles. The standard InChI is InChI=1S/C41H30N2Si/c1-5-17-31(18-6-1)36-26-15-30-40(42-36)44(33-21-9-3-10-22-33,34-23-11-4-12-24-34)39-29-16-28-38-41(39)35-25-13-14-27-37(35)43(38)32-19-7-2-8-20-32/h1-30H. The van der Waals surface area contributed by atoms with Crippen molar-refractivity contribution in [2.45, 2.75) is 0 Å². The van der Waals surface area contributed by atoms with Gasteiger partial charge in [-0.15, -0.1) is 0 Å². The van der Waals surface area contributed by atoms with Gasteiger partial charge in [-0.05, 0) is 52.0 Å². The smallest absolute Gasteiger partial charge is 0.202 e. The van der Waals surface area contributed by atoms with E-state index in [1.807, 2.05) is 0 Å². The normalized spacial score (nSPS) is 11.6. The van der Waals surface area contributed by atoms with Crippen molar-refractivity contribution in [2.24, 2.45) is 0 Å². The minimum atomic E-state index is -2.96. The molecule has 0 amide bonds. The molecule has 0 aliphatic carbocycles. The molecule has 2 aromatic heterocycles. The van der Waals surface area contributed by atoms with Crippen molar-refractivity contribution in [2.75, 3.05) is 0 Å². The van der Waals surface area contributed by atoms with Gasteiger partial charge < -0.3 is 4.57 Å². The molecule has 0 N–H and O–H groups in total. The van der Waals surface area contributed by atoms with Crippen molar-refractivity contribution in [1.29, 1.82) is 0 Å². The fourth-order valence-electron chi connectivity index (χ4n) is 6.89. The SMILES string of the molecule is c1ccc(-c2cccc([Si](c3ccccc3)(c3ccccc3)c3cccc4c3c3ccccc3n4-c3ccccc3)n2)cc1. The molecule has 0 fully saturated rings. The van der Waals surface area contributed by atoms with Crippen LogP contribution in [0.2, 0.25) is 0 Å². The fourth-order valence-corrected chi connectivity index (χ4v) is 11.7. The maximum atomic E-state index is 5.55. The minimum absolute atomic E-state index is 0.991. The summed E-state index contributed by atoms with van der Waals surface area (Å²) in [6.07, 6.45) is 0. The van der Waals surface area contributed by atoms with Crippen LogP contribution in [0.3, 0.4) is 0 Å². The summed E-state index contributed by atoms with van der Waals surface area (Å²) in [5.74, 6) is 0. The molecule has 8 rings (SSSR count). The largest absolute Gasteiger partial charge is 0.309 e. The van der Waals surface area contributed by atoms with Gasteiger partial charge in [-0.25, -0.2) is 0 Å². The number of pyridine rings is 1. The van der Waals surface area contributed by atoms with Gasteiger partial charge in [0.2, 0.25) is 8.07 Å². The molecule has 0 aliphatic rings. The van der Waals surface area contributed by atoms with Crippen molar-refractivity contribution in [3.63, 3.8) is 0 Å². The van der Waals surface area contributed by atoms with E-state index in [2.05, 4.69) is 187 Å². The first-order chi connectivity index (χ1) is 21.9. The van der Waals surface area contributed by atoms with E-state index in [4.69, 9.17) is 4.98 Å². The number of rotatable bonds is 6. The third-order valence-electron chi connectivity index (χ3n) is 8.73. The van der Waals surface area contributed by atoms with E-state index in [1.165, 1.54) is 37.4 Å². The van der Waals surface area contributed by atoms with Gasteiger partial charge in [0, 0.05) is 27.3 Å². The number of hydrogen-bond donors (Lipinski definition) is 0. The molecule has 2 heterocycles. The zero-order chi connectivity index (χ0) is 29.3. The first-order valence-corrected chi connectivity index (χ1v) is 17.1. The van der Waals surface area contributed by atoms with Crippen molar-refractivity contribution in [3.05, 3.63) is 182 Å². The van der Waals surface area contributed by atoms with Crippen molar-refractivity contribution in [3.8, 4) is 16.9 Å². The maximum absolute atomic E-state index is 5.55. The summed E-state index contributed by atoms with van der Waals surface area (Å²) < 4.78 is 2.41. The van der Waals surface area contributed by atoms with Crippen LogP contribution in [0.5, 0.6) is 0 Å². The van der Waals surface area contributed by atoms with Crippen LogP contribution >= 0.6 is 0 Å². The Hall–Kier alpha value is -5.51. The van der Waals surface area contributed by atoms with E-state index in [1.54, 1.807) is 0 Å². The molecular formula is C41H30N2Si. The van der Waals surface area contributed by atoms with E-state index in [0.29, 0.717) is 0 Å². The first-order valence-electron chi connectivity index (χ1n) is 15.1. The lowest BCUT2D eigenvalue weighted by Gasteiger charge is -2.34. The van der Waals surface area contributed by atoms with Crippen molar-refractivity contribution >= 4 is 50.8 Å². The summed E-state index contributed by atoms with van der Waals surface area (Å²) in [4.78, 5) is 5.55. The van der Waals surface area contributed by atoms with Gasteiger partial charge in [0.25, 0.3) is 0 Å². The Bertz CT molecular complexity index is 2170. The molecular weight excluding hydrogens is 549 g/mol. The minimum Gasteiger partial charge on any atom is -0.309 e. The molecule has 0 radical (unpaired) electrons. The number of nitrogens with zero attached hydrogens (tertiary/aromatic N) is 2. The van der Waals surface area contributed by atoms with E-state index in [9.17, 15) is 0 Å². The molecule has 0 aliphatic heterocycles. The summed E-state index contributed by atoms with van der Waals surface area (Å²) in [7, 11) is -2.96. The zero-order valence-corrected chi connectivity index (χ0v) is 25.2. The van der Waals surface area contributed by atoms with Gasteiger partial charge in [-0.1, -0.05) is 146 Å². The van der Waals surface area contributed by atoms with Gasteiger partial charge >= 0.3 is 0 Å². The number of benzene rings is 6.